The summed E-state index contributed by atoms with van der Waals surface area (Å²) in [5, 5.41) is 3.10. The lowest BCUT2D eigenvalue weighted by atomic mass is 9.53. The number of likely N-dealkylation sites (N-methyl/N-ethyl adjacent to an activating group) is 1. The molecule has 2 amide bonds. The van der Waals surface area contributed by atoms with Crippen LogP contribution in [0.1, 0.15) is 51.9 Å². The van der Waals surface area contributed by atoms with Gasteiger partial charge in [-0.2, -0.15) is 0 Å². The van der Waals surface area contributed by atoms with Crippen molar-refractivity contribution in [2.75, 3.05) is 18.1 Å². The molecule has 0 aromatic heterocycles. The van der Waals surface area contributed by atoms with Crippen molar-refractivity contribution in [1.82, 2.24) is 10.2 Å². The number of amides is 2. The van der Waals surface area contributed by atoms with Crippen molar-refractivity contribution >= 4 is 21.7 Å². The van der Waals surface area contributed by atoms with Crippen LogP contribution in [0, 0.1) is 17.8 Å². The molecule has 1 unspecified atom stereocenters. The lowest BCUT2D eigenvalue weighted by Gasteiger charge is -2.56. The Bertz CT molecular complexity index is 652. The summed E-state index contributed by atoms with van der Waals surface area (Å²) in [6, 6.07) is -0.357. The van der Waals surface area contributed by atoms with E-state index in [1.807, 2.05) is 0 Å². The van der Waals surface area contributed by atoms with Crippen molar-refractivity contribution in [2.45, 2.75) is 63.5 Å². The predicted octanol–water partition coefficient (Wildman–Crippen LogP) is 1.11. The van der Waals surface area contributed by atoms with Crippen LogP contribution in [0.25, 0.3) is 0 Å². The molecule has 1 atom stereocenters. The minimum atomic E-state index is -3.08. The molecular formula is C18H28N2O4S. The van der Waals surface area contributed by atoms with E-state index in [0.29, 0.717) is 30.7 Å². The molecule has 140 valence electrons. The van der Waals surface area contributed by atoms with Crippen LogP contribution in [0.5, 0.6) is 0 Å². The quantitative estimate of drug-likeness (QED) is 0.757. The fraction of sp³-hybridized carbons (Fsp3) is 0.889. The summed E-state index contributed by atoms with van der Waals surface area (Å²) in [5.74, 6) is 1.10. The summed E-state index contributed by atoms with van der Waals surface area (Å²) in [6.45, 7) is 2.17. The van der Waals surface area contributed by atoms with E-state index < -0.39 is 21.7 Å². The number of carbonyl (C=O) groups is 2. The van der Waals surface area contributed by atoms with Gasteiger partial charge in [-0.3, -0.25) is 9.59 Å². The van der Waals surface area contributed by atoms with E-state index in [0.717, 1.165) is 19.3 Å². The fourth-order valence-electron chi connectivity index (χ4n) is 6.28. The highest BCUT2D eigenvalue weighted by Gasteiger charge is 2.52. The average Bonchev–Trinajstić information content (AvgIpc) is 2.86. The maximum Gasteiger partial charge on any atom is 0.312 e. The van der Waals surface area contributed by atoms with Crippen molar-refractivity contribution < 1.29 is 18.0 Å². The molecule has 1 aliphatic heterocycles. The van der Waals surface area contributed by atoms with Crippen LogP contribution < -0.4 is 5.32 Å². The van der Waals surface area contributed by atoms with Crippen molar-refractivity contribution in [3.05, 3.63) is 0 Å². The summed E-state index contributed by atoms with van der Waals surface area (Å²) in [6.07, 6.45) is 7.29. The van der Waals surface area contributed by atoms with E-state index in [2.05, 4.69) is 5.32 Å². The SMILES string of the molecule is CCN(C(=O)C(=O)NC12CC3CC(CC(C3)C1)C2)C1CCS(=O)(=O)C1. The topological polar surface area (TPSA) is 83.6 Å². The first-order valence-corrected chi connectivity index (χ1v) is 11.4. The molecule has 5 aliphatic rings. The smallest absolute Gasteiger partial charge is 0.312 e. The van der Waals surface area contributed by atoms with Crippen LogP contribution in [-0.2, 0) is 19.4 Å². The second-order valence-electron chi connectivity index (χ2n) is 8.80. The van der Waals surface area contributed by atoms with Crippen LogP contribution in [0.2, 0.25) is 0 Å². The molecule has 1 heterocycles. The van der Waals surface area contributed by atoms with Crippen LogP contribution in [-0.4, -0.2) is 54.8 Å². The first kappa shape index (κ1) is 17.3. The highest BCUT2D eigenvalue weighted by atomic mass is 32.2. The van der Waals surface area contributed by atoms with Crippen molar-refractivity contribution in [3.63, 3.8) is 0 Å². The van der Waals surface area contributed by atoms with Gasteiger partial charge in [0.2, 0.25) is 0 Å². The van der Waals surface area contributed by atoms with Gasteiger partial charge >= 0.3 is 11.8 Å². The average molecular weight is 368 g/mol. The first-order valence-electron chi connectivity index (χ1n) is 9.63. The highest BCUT2D eigenvalue weighted by molar-refractivity contribution is 7.91. The zero-order valence-corrected chi connectivity index (χ0v) is 15.7. The van der Waals surface area contributed by atoms with Gasteiger partial charge in [-0.1, -0.05) is 0 Å². The summed E-state index contributed by atoms with van der Waals surface area (Å²) < 4.78 is 23.4. The number of hydrogen-bond donors (Lipinski definition) is 1. The molecular weight excluding hydrogens is 340 g/mol. The summed E-state index contributed by atoms with van der Waals surface area (Å²) in [4.78, 5) is 26.9. The molecule has 1 N–H and O–H groups in total. The third-order valence-electron chi connectivity index (χ3n) is 6.86. The Labute approximate surface area is 149 Å². The molecule has 6 nitrogen and oxygen atoms in total. The summed E-state index contributed by atoms with van der Waals surface area (Å²) in [5.41, 5.74) is -0.192. The van der Waals surface area contributed by atoms with E-state index in [1.54, 1.807) is 6.92 Å². The van der Waals surface area contributed by atoms with Gasteiger partial charge in [0, 0.05) is 18.1 Å². The third kappa shape index (κ3) is 3.20. The molecule has 0 spiro atoms. The number of rotatable bonds is 3. The Morgan fingerprint density at radius 2 is 1.64 bits per heavy atom. The van der Waals surface area contributed by atoms with Gasteiger partial charge in [-0.15, -0.1) is 0 Å². The Hall–Kier alpha value is -1.11. The highest BCUT2D eigenvalue weighted by Crippen LogP contribution is 2.55. The Morgan fingerprint density at radius 3 is 2.08 bits per heavy atom. The van der Waals surface area contributed by atoms with Crippen molar-refractivity contribution in [2.24, 2.45) is 17.8 Å². The minimum absolute atomic E-state index is 0.0166. The maximum absolute atomic E-state index is 12.7. The van der Waals surface area contributed by atoms with Crippen molar-refractivity contribution in [3.8, 4) is 0 Å². The Kier molecular flexibility index (Phi) is 4.13. The minimum Gasteiger partial charge on any atom is -0.342 e. The summed E-state index contributed by atoms with van der Waals surface area (Å²) in [7, 11) is -3.08. The van der Waals surface area contributed by atoms with Crippen LogP contribution >= 0.6 is 0 Å². The molecule has 0 aromatic rings. The van der Waals surface area contributed by atoms with Gasteiger partial charge in [0.1, 0.15) is 0 Å². The zero-order chi connectivity index (χ0) is 17.8. The van der Waals surface area contributed by atoms with E-state index in [1.165, 1.54) is 24.2 Å². The van der Waals surface area contributed by atoms with Gasteiger partial charge in [0.25, 0.3) is 0 Å². The van der Waals surface area contributed by atoms with E-state index in [9.17, 15) is 18.0 Å². The molecule has 5 fully saturated rings. The zero-order valence-electron chi connectivity index (χ0n) is 14.9. The molecule has 4 saturated carbocycles. The number of nitrogens with zero attached hydrogens (tertiary/aromatic N) is 1. The second kappa shape index (κ2) is 5.96. The van der Waals surface area contributed by atoms with Crippen molar-refractivity contribution in [1.29, 1.82) is 0 Å². The van der Waals surface area contributed by atoms with Crippen LogP contribution in [0.15, 0.2) is 0 Å². The van der Waals surface area contributed by atoms with Gasteiger partial charge in [-0.05, 0) is 69.6 Å². The molecule has 7 heteroatoms. The fourth-order valence-corrected chi connectivity index (χ4v) is 8.01. The van der Waals surface area contributed by atoms with E-state index in [4.69, 9.17) is 0 Å². The standard InChI is InChI=1S/C18H28N2O4S/c1-2-20(15-3-4-25(23,24)11-15)17(22)16(21)19-18-8-12-5-13(9-18)7-14(6-12)10-18/h12-15H,2-11H2,1H3,(H,19,21). The Morgan fingerprint density at radius 1 is 1.08 bits per heavy atom. The molecule has 5 rings (SSSR count). The molecule has 0 radical (unpaired) electrons. The molecule has 4 bridgehead atoms. The summed E-state index contributed by atoms with van der Waals surface area (Å²) >= 11 is 0. The lowest BCUT2D eigenvalue weighted by molar-refractivity contribution is -0.149. The van der Waals surface area contributed by atoms with Gasteiger partial charge in [0.05, 0.1) is 11.5 Å². The number of hydrogen-bond acceptors (Lipinski definition) is 4. The predicted molar refractivity (Wildman–Crippen MR) is 93.5 cm³/mol. The Balaban J connectivity index is 1.44. The monoisotopic (exact) mass is 368 g/mol. The number of sulfone groups is 1. The van der Waals surface area contributed by atoms with Gasteiger partial charge < -0.3 is 10.2 Å². The van der Waals surface area contributed by atoms with E-state index in [-0.39, 0.29) is 23.1 Å². The molecule has 4 aliphatic carbocycles. The third-order valence-corrected chi connectivity index (χ3v) is 8.61. The molecule has 0 aromatic carbocycles. The maximum atomic E-state index is 12.7. The van der Waals surface area contributed by atoms with Gasteiger partial charge in [0.15, 0.2) is 9.84 Å². The second-order valence-corrected chi connectivity index (χ2v) is 11.0. The van der Waals surface area contributed by atoms with Gasteiger partial charge in [-0.25, -0.2) is 8.42 Å². The normalized spacial score (nSPS) is 40.8. The number of nitrogens with one attached hydrogen (secondary N) is 1. The van der Waals surface area contributed by atoms with E-state index >= 15 is 0 Å². The largest absolute Gasteiger partial charge is 0.342 e. The first-order chi connectivity index (χ1) is 11.8. The lowest BCUT2D eigenvalue weighted by Crippen LogP contribution is -2.62. The van der Waals surface area contributed by atoms with Crippen LogP contribution in [0.4, 0.5) is 0 Å². The molecule has 1 saturated heterocycles. The molecule has 25 heavy (non-hydrogen) atoms. The number of carbonyl (C=O) groups excluding carboxylic acids is 2. The van der Waals surface area contributed by atoms with Crippen LogP contribution in [0.3, 0.4) is 0 Å².